The molecule has 54 heavy (non-hydrogen) atoms. The molecule has 300 valence electrons. The lowest BCUT2D eigenvalue weighted by atomic mass is 9.84. The summed E-state index contributed by atoms with van der Waals surface area (Å²) in [5.74, 6) is -2.28. The maximum atomic E-state index is 14.2. The summed E-state index contributed by atoms with van der Waals surface area (Å²) in [6.07, 6.45) is 3.41. The molecule has 0 aliphatic carbocycles. The van der Waals surface area contributed by atoms with E-state index in [1.807, 2.05) is 78.9 Å². The second-order valence-electron chi connectivity index (χ2n) is 16.0. The predicted octanol–water partition coefficient (Wildman–Crippen LogP) is 7.00. The molecule has 1 fully saturated rings. The van der Waals surface area contributed by atoms with Crippen molar-refractivity contribution in [3.05, 3.63) is 51.5 Å². The number of carbonyl (C=O) groups is 5. The van der Waals surface area contributed by atoms with Crippen LogP contribution < -0.4 is 5.32 Å². The fourth-order valence-electron chi connectivity index (χ4n) is 7.47. The van der Waals surface area contributed by atoms with E-state index >= 15 is 0 Å². The number of nitrogens with one attached hydrogen (secondary N) is 1. The van der Waals surface area contributed by atoms with E-state index in [1.165, 1.54) is 25.4 Å². The Morgan fingerprint density at radius 1 is 0.981 bits per heavy atom. The van der Waals surface area contributed by atoms with E-state index < -0.39 is 23.9 Å². The molecule has 1 aromatic heterocycles. The average Bonchev–Trinajstić information content (AvgIpc) is 3.58. The summed E-state index contributed by atoms with van der Waals surface area (Å²) in [5.41, 5.74) is 1.27. The quantitative estimate of drug-likeness (QED) is 0.150. The van der Waals surface area contributed by atoms with Gasteiger partial charge < -0.3 is 19.7 Å². The molecular formula is C42H64N4O7S. The first kappa shape index (κ1) is 44.8. The Bertz CT molecular complexity index is 1560. The smallest absolute Gasteiger partial charge is 0.308 e. The third-order valence-electron chi connectivity index (χ3n) is 10.7. The van der Waals surface area contributed by atoms with Crippen LogP contribution in [0.5, 0.6) is 0 Å². The second-order valence-corrected chi connectivity index (χ2v) is 17.1. The maximum absolute atomic E-state index is 14.2. The highest BCUT2D eigenvalue weighted by molar-refractivity contribution is 7.12. The number of hydrogen-bond donors (Lipinski definition) is 1. The fourth-order valence-corrected chi connectivity index (χ4v) is 8.58. The van der Waals surface area contributed by atoms with Crippen LogP contribution in [-0.4, -0.2) is 90.2 Å². The van der Waals surface area contributed by atoms with Gasteiger partial charge in [-0.15, -0.1) is 11.3 Å². The van der Waals surface area contributed by atoms with Crippen LogP contribution in [-0.2, 0) is 35.1 Å². The van der Waals surface area contributed by atoms with E-state index in [2.05, 4.69) is 10.2 Å². The molecular weight excluding hydrogens is 705 g/mol. The Hall–Kier alpha value is -3.64. The van der Waals surface area contributed by atoms with Gasteiger partial charge in [-0.1, -0.05) is 85.2 Å². The van der Waals surface area contributed by atoms with Gasteiger partial charge in [0.15, 0.2) is 11.9 Å². The molecule has 0 radical (unpaired) electrons. The summed E-state index contributed by atoms with van der Waals surface area (Å²) in [7, 11) is 5.11. The van der Waals surface area contributed by atoms with Crippen LogP contribution in [0.4, 0.5) is 0 Å². The third-order valence-corrected chi connectivity index (χ3v) is 12.1. The molecule has 0 unspecified atom stereocenters. The molecule has 12 heteroatoms. The van der Waals surface area contributed by atoms with Crippen molar-refractivity contribution in [1.82, 2.24) is 20.1 Å². The molecule has 1 aliphatic rings. The van der Waals surface area contributed by atoms with E-state index in [-0.39, 0.29) is 78.0 Å². The van der Waals surface area contributed by atoms with Crippen molar-refractivity contribution in [3.63, 3.8) is 0 Å². The lowest BCUT2D eigenvalue weighted by Crippen LogP contribution is -2.48. The summed E-state index contributed by atoms with van der Waals surface area (Å²) in [5, 5.41) is 3.62. The van der Waals surface area contributed by atoms with Crippen molar-refractivity contribution in [1.29, 1.82) is 0 Å². The van der Waals surface area contributed by atoms with Gasteiger partial charge in [-0.3, -0.25) is 28.9 Å². The number of ether oxygens (including phenoxy) is 2. The van der Waals surface area contributed by atoms with Crippen molar-refractivity contribution in [2.75, 3.05) is 27.7 Å². The SMILES string of the molecule is COC(=O)[C@@H](C)C[C@H](Cc1ccccc1)NC(=O)c1nc([C@@H](C[C@H](C(C)C)N(C)C(=O)[C@@H](CC(=O)[C@H]2CCCCN2C)C(C)C)OC(C)=O)sc1C(C)C. The van der Waals surface area contributed by atoms with Gasteiger partial charge in [-0.2, -0.15) is 0 Å². The highest BCUT2D eigenvalue weighted by Gasteiger charge is 2.37. The van der Waals surface area contributed by atoms with Crippen molar-refractivity contribution in [2.45, 2.75) is 130 Å². The van der Waals surface area contributed by atoms with Gasteiger partial charge in [-0.05, 0) is 62.6 Å². The molecule has 6 atom stereocenters. The summed E-state index contributed by atoms with van der Waals surface area (Å²) >= 11 is 1.33. The summed E-state index contributed by atoms with van der Waals surface area (Å²) < 4.78 is 10.9. The number of ketones is 1. The zero-order chi connectivity index (χ0) is 40.3. The number of piperidine rings is 1. The largest absolute Gasteiger partial charge is 0.469 e. The minimum absolute atomic E-state index is 0.0205. The second kappa shape index (κ2) is 20.9. The average molecular weight is 769 g/mol. The number of rotatable bonds is 19. The molecule has 3 rings (SSSR count). The Morgan fingerprint density at radius 2 is 1.65 bits per heavy atom. The zero-order valence-corrected chi connectivity index (χ0v) is 35.2. The lowest BCUT2D eigenvalue weighted by molar-refractivity contribution is -0.149. The highest BCUT2D eigenvalue weighted by atomic mass is 32.1. The summed E-state index contributed by atoms with van der Waals surface area (Å²) in [6, 6.07) is 8.87. The van der Waals surface area contributed by atoms with E-state index in [1.54, 1.807) is 18.9 Å². The maximum Gasteiger partial charge on any atom is 0.308 e. The minimum Gasteiger partial charge on any atom is -0.469 e. The first-order valence-corrected chi connectivity index (χ1v) is 20.4. The fraction of sp³-hybridized carbons (Fsp3) is 0.667. The number of amides is 2. The van der Waals surface area contributed by atoms with Gasteiger partial charge >= 0.3 is 11.9 Å². The molecule has 2 amide bonds. The summed E-state index contributed by atoms with van der Waals surface area (Å²) in [6.45, 7) is 16.0. The number of likely N-dealkylation sites (N-methyl/N-ethyl adjacent to an activating group) is 1. The Morgan fingerprint density at radius 3 is 2.20 bits per heavy atom. The number of likely N-dealkylation sites (tertiary alicyclic amines) is 1. The van der Waals surface area contributed by atoms with Gasteiger partial charge in [0.1, 0.15) is 10.7 Å². The zero-order valence-electron chi connectivity index (χ0n) is 34.3. The molecule has 1 N–H and O–H groups in total. The molecule has 0 bridgehead atoms. The van der Waals surface area contributed by atoms with Crippen LogP contribution >= 0.6 is 11.3 Å². The highest BCUT2D eigenvalue weighted by Crippen LogP contribution is 2.36. The molecule has 2 aromatic rings. The van der Waals surface area contributed by atoms with Gasteiger partial charge in [0.2, 0.25) is 5.91 Å². The van der Waals surface area contributed by atoms with E-state index in [0.29, 0.717) is 17.8 Å². The molecule has 0 saturated carbocycles. The predicted molar refractivity (Wildman–Crippen MR) is 212 cm³/mol. The van der Waals surface area contributed by atoms with Gasteiger partial charge in [0.25, 0.3) is 5.91 Å². The number of benzene rings is 1. The van der Waals surface area contributed by atoms with Crippen molar-refractivity contribution in [3.8, 4) is 0 Å². The van der Waals surface area contributed by atoms with E-state index in [4.69, 9.17) is 14.5 Å². The first-order valence-electron chi connectivity index (χ1n) is 19.5. The Balaban J connectivity index is 1.91. The van der Waals surface area contributed by atoms with Crippen LogP contribution in [0.1, 0.15) is 132 Å². The summed E-state index contributed by atoms with van der Waals surface area (Å²) in [4.78, 5) is 76.1. The number of methoxy groups -OCH3 is 1. The molecule has 2 heterocycles. The monoisotopic (exact) mass is 768 g/mol. The first-order chi connectivity index (χ1) is 25.4. The van der Waals surface area contributed by atoms with Crippen LogP contribution in [0.2, 0.25) is 0 Å². The number of aromatic nitrogens is 1. The minimum atomic E-state index is -0.816. The number of hydrogen-bond acceptors (Lipinski definition) is 10. The normalized spacial score (nSPS) is 17.8. The Kier molecular flexibility index (Phi) is 17.3. The number of thiazole rings is 1. The van der Waals surface area contributed by atoms with E-state index in [0.717, 1.165) is 36.2 Å². The molecule has 1 aromatic carbocycles. The molecule has 1 aliphatic heterocycles. The molecule has 0 spiro atoms. The van der Waals surface area contributed by atoms with Gasteiger partial charge in [-0.25, -0.2) is 4.98 Å². The topological polar surface area (TPSA) is 135 Å². The van der Waals surface area contributed by atoms with E-state index in [9.17, 15) is 24.0 Å². The number of carbonyl (C=O) groups excluding carboxylic acids is 5. The standard InChI is InChI=1S/C42H64N4O7S/c1-25(2)32(23-35(48)33-19-15-16-20-45(33)9)41(50)46(10)34(26(3)4)24-36(53-29(8)47)40-44-37(38(54-40)27(5)6)39(49)43-31(21-28(7)42(51)52-11)22-30-17-13-12-14-18-30/h12-14,17-18,25-28,31-34,36H,15-16,19-24H2,1-11H3,(H,43,49)/t28-,31+,32-,33+,34+,36+/m0/s1. The third kappa shape index (κ3) is 12.4. The molecule has 1 saturated heterocycles. The number of esters is 2. The van der Waals surface area contributed by atoms with Crippen LogP contribution in [0.3, 0.4) is 0 Å². The Labute approximate surface area is 326 Å². The van der Waals surface area contributed by atoms with Crippen LogP contribution in [0, 0.1) is 23.7 Å². The van der Waals surface area contributed by atoms with Gasteiger partial charge in [0.05, 0.1) is 19.1 Å². The molecule has 11 nitrogen and oxygen atoms in total. The van der Waals surface area contributed by atoms with Crippen LogP contribution in [0.25, 0.3) is 0 Å². The lowest BCUT2D eigenvalue weighted by Gasteiger charge is -2.37. The van der Waals surface area contributed by atoms with Crippen molar-refractivity contribution in [2.24, 2.45) is 23.7 Å². The van der Waals surface area contributed by atoms with Crippen molar-refractivity contribution < 1.29 is 33.4 Å². The number of nitrogens with zero attached hydrogens (tertiary/aromatic N) is 3. The van der Waals surface area contributed by atoms with Crippen LogP contribution in [0.15, 0.2) is 30.3 Å². The number of Topliss-reactive ketones (excluding diaryl/α,β-unsaturated/α-hetero) is 1. The van der Waals surface area contributed by atoms with Crippen molar-refractivity contribution >= 4 is 40.9 Å². The van der Waals surface area contributed by atoms with Gasteiger partial charge in [0, 0.05) is 49.7 Å².